The van der Waals surface area contributed by atoms with Crippen molar-refractivity contribution in [2.45, 2.75) is 4.90 Å². The summed E-state index contributed by atoms with van der Waals surface area (Å²) in [6, 6.07) is 9.44. The monoisotopic (exact) mass is 366 g/mol. The van der Waals surface area contributed by atoms with Crippen molar-refractivity contribution in [1.82, 2.24) is 9.84 Å². The van der Waals surface area contributed by atoms with Crippen molar-refractivity contribution in [1.29, 1.82) is 0 Å². The molecule has 3 rings (SSSR count). The van der Waals surface area contributed by atoms with E-state index in [1.165, 1.54) is 24.7 Å². The molecule has 1 saturated heterocycles. The Hall–Kier alpha value is -1.94. The highest BCUT2D eigenvalue weighted by Gasteiger charge is 2.35. The first kappa shape index (κ1) is 15.9. The third kappa shape index (κ3) is 3.37. The molecule has 23 heavy (non-hydrogen) atoms. The molecule has 9 heteroatoms. The van der Waals surface area contributed by atoms with Gasteiger partial charge in [0.2, 0.25) is 0 Å². The minimum absolute atomic E-state index is 0.0489. The highest BCUT2D eigenvalue weighted by atomic mass is 32.2. The second kappa shape index (κ2) is 6.28. The lowest BCUT2D eigenvalue weighted by Crippen LogP contribution is -2.44. The van der Waals surface area contributed by atoms with E-state index in [4.69, 9.17) is 16.6 Å². The highest BCUT2D eigenvalue weighted by molar-refractivity contribution is 8.26. The summed E-state index contributed by atoms with van der Waals surface area (Å²) in [5.41, 5.74) is 0.691. The maximum absolute atomic E-state index is 12.3. The molecule has 2 heterocycles. The van der Waals surface area contributed by atoms with E-state index >= 15 is 0 Å². The first-order chi connectivity index (χ1) is 11.0. The molecule has 1 fully saturated rings. The largest absolute Gasteiger partial charge is 0.472 e. The predicted octanol–water partition coefficient (Wildman–Crippen LogP) is 2.37. The maximum atomic E-state index is 12.3. The summed E-state index contributed by atoms with van der Waals surface area (Å²) in [5.74, 6) is -0.527. The van der Waals surface area contributed by atoms with Gasteiger partial charge in [-0.3, -0.25) is 4.79 Å². The molecule has 2 aromatic rings. The van der Waals surface area contributed by atoms with E-state index in [0.717, 1.165) is 16.8 Å². The zero-order valence-corrected chi connectivity index (χ0v) is 14.0. The van der Waals surface area contributed by atoms with Crippen LogP contribution < -0.4 is 4.83 Å². The van der Waals surface area contributed by atoms with Crippen molar-refractivity contribution in [3.05, 3.63) is 59.4 Å². The van der Waals surface area contributed by atoms with Crippen LogP contribution in [-0.2, 0) is 14.8 Å². The molecular weight excluding hydrogens is 356 g/mol. The van der Waals surface area contributed by atoms with Gasteiger partial charge in [-0.1, -0.05) is 42.2 Å². The Kier molecular flexibility index (Phi) is 4.35. The zero-order valence-electron chi connectivity index (χ0n) is 11.5. The second-order valence-electron chi connectivity index (χ2n) is 4.48. The number of carbonyl (C=O) groups excluding carboxylic acids is 1. The number of benzene rings is 1. The number of hydrazine groups is 1. The number of thioether (sulfide) groups is 1. The van der Waals surface area contributed by atoms with Gasteiger partial charge in [0.05, 0.1) is 22.3 Å². The summed E-state index contributed by atoms with van der Waals surface area (Å²) in [7, 11) is -3.89. The molecule has 1 N–H and O–H groups in total. The fraction of sp³-hybridized carbons (Fsp3) is 0. The Morgan fingerprint density at radius 1 is 1.22 bits per heavy atom. The minimum atomic E-state index is -3.89. The van der Waals surface area contributed by atoms with Crippen LogP contribution in [0.5, 0.6) is 0 Å². The van der Waals surface area contributed by atoms with E-state index in [1.807, 2.05) is 0 Å². The number of nitrogens with one attached hydrogen (secondary N) is 1. The Morgan fingerprint density at radius 3 is 2.61 bits per heavy atom. The lowest BCUT2D eigenvalue weighted by atomic mass is 10.3. The smallest absolute Gasteiger partial charge is 0.281 e. The third-order valence-electron chi connectivity index (χ3n) is 2.90. The molecule has 1 aliphatic rings. The highest BCUT2D eigenvalue weighted by Crippen LogP contribution is 2.32. The Balaban J connectivity index is 1.84. The molecular formula is C14H10N2O4S3. The number of rotatable bonds is 4. The molecule has 0 saturated carbocycles. The first-order valence-corrected chi connectivity index (χ1v) is 9.06. The van der Waals surface area contributed by atoms with Gasteiger partial charge in [-0.15, -0.1) is 4.83 Å². The number of nitrogens with zero attached hydrogens (tertiary/aromatic N) is 1. The van der Waals surface area contributed by atoms with Crippen molar-refractivity contribution in [3.8, 4) is 0 Å². The number of sulfonamides is 1. The summed E-state index contributed by atoms with van der Waals surface area (Å²) in [6.45, 7) is 0. The van der Waals surface area contributed by atoms with E-state index in [-0.39, 0.29) is 9.22 Å². The normalized spacial score (nSPS) is 17.2. The predicted molar refractivity (Wildman–Crippen MR) is 90.5 cm³/mol. The van der Waals surface area contributed by atoms with E-state index in [0.29, 0.717) is 10.5 Å². The average molecular weight is 366 g/mol. The molecule has 0 atom stereocenters. The number of carbonyl (C=O) groups is 1. The van der Waals surface area contributed by atoms with E-state index < -0.39 is 15.9 Å². The summed E-state index contributed by atoms with van der Waals surface area (Å²) in [4.78, 5) is 14.9. The first-order valence-electron chi connectivity index (χ1n) is 6.35. The van der Waals surface area contributed by atoms with Gasteiger partial charge in [0.15, 0.2) is 4.32 Å². The van der Waals surface area contributed by atoms with Crippen LogP contribution in [0.4, 0.5) is 0 Å². The summed E-state index contributed by atoms with van der Waals surface area (Å²) in [6.07, 6.45) is 4.53. The van der Waals surface area contributed by atoms with Crippen LogP contribution in [0.3, 0.4) is 0 Å². The lowest BCUT2D eigenvalue weighted by Gasteiger charge is -2.15. The number of hydrogen-bond donors (Lipinski definition) is 1. The van der Waals surface area contributed by atoms with Gasteiger partial charge < -0.3 is 4.42 Å². The molecule has 118 valence electrons. The molecule has 0 bridgehead atoms. The van der Waals surface area contributed by atoms with Crippen LogP contribution in [-0.4, -0.2) is 23.7 Å². The second-order valence-corrected chi connectivity index (χ2v) is 7.82. The fourth-order valence-corrected chi connectivity index (χ4v) is 4.16. The van der Waals surface area contributed by atoms with Crippen LogP contribution in [0.2, 0.25) is 0 Å². The lowest BCUT2D eigenvalue weighted by molar-refractivity contribution is -0.123. The van der Waals surface area contributed by atoms with Gasteiger partial charge in [-0.05, 0) is 24.3 Å². The van der Waals surface area contributed by atoms with E-state index in [9.17, 15) is 13.2 Å². The Morgan fingerprint density at radius 2 is 1.96 bits per heavy atom. The van der Waals surface area contributed by atoms with Crippen molar-refractivity contribution < 1.29 is 17.6 Å². The van der Waals surface area contributed by atoms with E-state index in [2.05, 4.69) is 4.83 Å². The molecule has 1 aromatic carbocycles. The number of amides is 1. The zero-order chi connectivity index (χ0) is 16.4. The van der Waals surface area contributed by atoms with Gasteiger partial charge in [-0.2, -0.15) is 0 Å². The third-order valence-corrected chi connectivity index (χ3v) is 5.52. The standard InChI is InChI=1S/C14H10N2O4S3/c17-13-12(8-10-6-7-20-9-10)22-14(21)16(13)15-23(18,19)11-4-2-1-3-5-11/h1-9,15H. The van der Waals surface area contributed by atoms with Crippen LogP contribution >= 0.6 is 24.0 Å². The Labute approximate surface area is 142 Å². The van der Waals surface area contributed by atoms with Crippen molar-refractivity contribution in [2.75, 3.05) is 0 Å². The Bertz CT molecular complexity index is 874. The van der Waals surface area contributed by atoms with Crippen LogP contribution in [0.25, 0.3) is 6.08 Å². The molecule has 0 aliphatic carbocycles. The number of hydrogen-bond acceptors (Lipinski definition) is 6. The van der Waals surface area contributed by atoms with Gasteiger partial charge in [0.1, 0.15) is 0 Å². The summed E-state index contributed by atoms with van der Waals surface area (Å²) < 4.78 is 29.6. The van der Waals surface area contributed by atoms with Gasteiger partial charge in [-0.25, -0.2) is 13.4 Å². The van der Waals surface area contributed by atoms with Gasteiger partial charge >= 0.3 is 0 Å². The van der Waals surface area contributed by atoms with Crippen molar-refractivity contribution in [3.63, 3.8) is 0 Å². The van der Waals surface area contributed by atoms with Crippen LogP contribution in [0.1, 0.15) is 5.56 Å². The maximum Gasteiger partial charge on any atom is 0.281 e. The quantitative estimate of drug-likeness (QED) is 0.661. The molecule has 1 aromatic heterocycles. The topological polar surface area (TPSA) is 79.6 Å². The van der Waals surface area contributed by atoms with Crippen LogP contribution in [0.15, 0.2) is 63.1 Å². The van der Waals surface area contributed by atoms with Gasteiger partial charge in [0, 0.05) is 5.56 Å². The molecule has 0 radical (unpaired) electrons. The molecule has 0 unspecified atom stereocenters. The van der Waals surface area contributed by atoms with Crippen molar-refractivity contribution >= 4 is 50.3 Å². The minimum Gasteiger partial charge on any atom is -0.472 e. The molecule has 0 spiro atoms. The number of thiocarbonyl (C=S) groups is 1. The average Bonchev–Trinajstić information content (AvgIpc) is 3.13. The molecule has 1 amide bonds. The van der Waals surface area contributed by atoms with Gasteiger partial charge in [0.25, 0.3) is 15.9 Å². The fourth-order valence-electron chi connectivity index (χ4n) is 1.83. The summed E-state index contributed by atoms with van der Waals surface area (Å²) in [5, 5.41) is 0.855. The van der Waals surface area contributed by atoms with Crippen LogP contribution in [0, 0.1) is 0 Å². The van der Waals surface area contributed by atoms with Crippen molar-refractivity contribution in [2.24, 2.45) is 0 Å². The molecule has 6 nitrogen and oxygen atoms in total. The van der Waals surface area contributed by atoms with E-state index in [1.54, 1.807) is 30.3 Å². The summed E-state index contributed by atoms with van der Waals surface area (Å²) >= 11 is 6.10. The SMILES string of the molecule is O=C1C(=Cc2ccoc2)SC(=S)N1NS(=O)(=O)c1ccccc1. The number of furan rings is 1. The molecule has 1 aliphatic heterocycles.